The molecule has 2 amide bonds. The Morgan fingerprint density at radius 3 is 2.42 bits per heavy atom. The Balaban J connectivity index is 1.77. The summed E-state index contributed by atoms with van der Waals surface area (Å²) in [5.41, 5.74) is -0.476. The zero-order valence-corrected chi connectivity index (χ0v) is 14.2. The molecule has 0 aromatic heterocycles. The Hall–Kier alpha value is -1.98. The van der Waals surface area contributed by atoms with Crippen molar-refractivity contribution < 1.29 is 18.4 Å². The molecule has 1 aromatic rings. The third-order valence-electron chi connectivity index (χ3n) is 5.07. The summed E-state index contributed by atoms with van der Waals surface area (Å²) in [6.45, 7) is 6.97. The second kappa shape index (κ2) is 5.53. The highest BCUT2D eigenvalue weighted by atomic mass is 19.1. The van der Waals surface area contributed by atoms with E-state index in [1.54, 1.807) is 4.90 Å². The van der Waals surface area contributed by atoms with Crippen LogP contribution in [0.25, 0.3) is 0 Å². The first-order chi connectivity index (χ1) is 11.1. The van der Waals surface area contributed by atoms with Crippen molar-refractivity contribution in [2.24, 2.45) is 10.8 Å². The summed E-state index contributed by atoms with van der Waals surface area (Å²) < 4.78 is 27.3. The number of para-hydroxylation sites is 1. The largest absolute Gasteiger partial charge is 0.331 e. The summed E-state index contributed by atoms with van der Waals surface area (Å²) in [6.07, 6.45) is 2.68. The predicted octanol–water partition coefficient (Wildman–Crippen LogP) is 3.33. The summed E-state index contributed by atoms with van der Waals surface area (Å²) in [5.74, 6) is -3.51. The van der Waals surface area contributed by atoms with Gasteiger partial charge in [-0.25, -0.2) is 8.78 Å². The number of nitrogens with one attached hydrogen (secondary N) is 1. The quantitative estimate of drug-likeness (QED) is 0.800. The first-order valence-electron chi connectivity index (χ1n) is 8.16. The van der Waals surface area contributed by atoms with Crippen LogP contribution in [0.4, 0.5) is 14.5 Å². The van der Waals surface area contributed by atoms with Gasteiger partial charge in [-0.05, 0) is 42.2 Å². The van der Waals surface area contributed by atoms with E-state index >= 15 is 0 Å². The highest BCUT2D eigenvalue weighted by Gasteiger charge is 2.51. The van der Waals surface area contributed by atoms with Crippen molar-refractivity contribution in [3.63, 3.8) is 0 Å². The number of hydrogen-bond acceptors (Lipinski definition) is 2. The lowest BCUT2D eigenvalue weighted by Crippen LogP contribution is -2.43. The fourth-order valence-electron chi connectivity index (χ4n) is 4.61. The van der Waals surface area contributed by atoms with Crippen LogP contribution in [0.1, 0.15) is 40.0 Å². The number of halogens is 2. The van der Waals surface area contributed by atoms with Crippen molar-refractivity contribution in [2.45, 2.75) is 46.1 Å². The van der Waals surface area contributed by atoms with Gasteiger partial charge in [-0.2, -0.15) is 0 Å². The smallest absolute Gasteiger partial charge is 0.314 e. The molecule has 1 heterocycles. The van der Waals surface area contributed by atoms with Crippen LogP contribution in [0.5, 0.6) is 0 Å². The van der Waals surface area contributed by atoms with E-state index in [4.69, 9.17) is 0 Å². The first kappa shape index (κ1) is 16.9. The maximum absolute atomic E-state index is 13.6. The topological polar surface area (TPSA) is 49.4 Å². The van der Waals surface area contributed by atoms with Crippen LogP contribution in [-0.2, 0) is 9.59 Å². The molecule has 130 valence electrons. The molecule has 0 radical (unpaired) electrons. The van der Waals surface area contributed by atoms with Gasteiger partial charge in [0.2, 0.25) is 0 Å². The Bertz CT molecular complexity index is 684. The van der Waals surface area contributed by atoms with Crippen molar-refractivity contribution in [2.75, 3.05) is 11.9 Å². The maximum atomic E-state index is 13.6. The van der Waals surface area contributed by atoms with Crippen molar-refractivity contribution >= 4 is 17.5 Å². The standard InChI is InChI=1S/C18H22F2N2O2/c1-17(2)7-11-8-18(3,9-17)10-22(11)16(24)15(23)21-14-12(19)5-4-6-13(14)20/h4-6,11H,7-10H2,1-3H3,(H,21,23). The van der Waals surface area contributed by atoms with Crippen molar-refractivity contribution in [3.8, 4) is 0 Å². The van der Waals surface area contributed by atoms with Crippen LogP contribution in [0.2, 0.25) is 0 Å². The fraction of sp³-hybridized carbons (Fsp3) is 0.556. The number of anilines is 1. The molecule has 2 unspecified atom stereocenters. The average Bonchev–Trinajstić information content (AvgIpc) is 2.71. The third kappa shape index (κ3) is 3.01. The highest BCUT2D eigenvalue weighted by Crippen LogP contribution is 2.52. The Morgan fingerprint density at radius 2 is 1.79 bits per heavy atom. The van der Waals surface area contributed by atoms with E-state index in [1.165, 1.54) is 6.07 Å². The Kier molecular flexibility index (Phi) is 3.89. The molecule has 1 aromatic carbocycles. The van der Waals surface area contributed by atoms with Gasteiger partial charge in [0.15, 0.2) is 0 Å². The fourth-order valence-corrected chi connectivity index (χ4v) is 4.61. The molecule has 1 aliphatic heterocycles. The van der Waals surface area contributed by atoms with E-state index in [-0.39, 0.29) is 16.9 Å². The van der Waals surface area contributed by atoms with Gasteiger partial charge < -0.3 is 10.2 Å². The monoisotopic (exact) mass is 336 g/mol. The van der Waals surface area contributed by atoms with Gasteiger partial charge in [0, 0.05) is 12.6 Å². The molecule has 6 heteroatoms. The normalized spacial score (nSPS) is 27.9. The van der Waals surface area contributed by atoms with Gasteiger partial charge >= 0.3 is 11.8 Å². The molecule has 1 aliphatic carbocycles. The van der Waals surface area contributed by atoms with Gasteiger partial charge in [-0.3, -0.25) is 9.59 Å². The summed E-state index contributed by atoms with van der Waals surface area (Å²) in [6, 6.07) is 3.28. The lowest BCUT2D eigenvalue weighted by Gasteiger charge is -2.39. The number of fused-ring (bicyclic) bond motifs is 2. The minimum absolute atomic E-state index is 0.00228. The van der Waals surface area contributed by atoms with Crippen molar-refractivity contribution in [1.82, 2.24) is 4.90 Å². The molecule has 1 saturated carbocycles. The number of hydrogen-bond donors (Lipinski definition) is 1. The van der Waals surface area contributed by atoms with Gasteiger partial charge in [0.05, 0.1) is 0 Å². The van der Waals surface area contributed by atoms with Crippen molar-refractivity contribution in [1.29, 1.82) is 0 Å². The van der Waals surface area contributed by atoms with E-state index in [2.05, 4.69) is 26.1 Å². The van der Waals surface area contributed by atoms with E-state index in [0.717, 1.165) is 31.4 Å². The summed E-state index contributed by atoms with van der Waals surface area (Å²) in [4.78, 5) is 26.3. The number of rotatable bonds is 1. The number of carbonyl (C=O) groups excluding carboxylic acids is 2. The van der Waals surface area contributed by atoms with Crippen LogP contribution in [-0.4, -0.2) is 29.3 Å². The Morgan fingerprint density at radius 1 is 1.17 bits per heavy atom. The second-order valence-corrected chi connectivity index (χ2v) is 8.20. The second-order valence-electron chi connectivity index (χ2n) is 8.20. The summed E-state index contributed by atoms with van der Waals surface area (Å²) in [7, 11) is 0. The van der Waals surface area contributed by atoms with Crippen LogP contribution >= 0.6 is 0 Å². The molecule has 4 nitrogen and oxygen atoms in total. The zero-order chi connectivity index (χ0) is 17.7. The SMILES string of the molecule is CC1(C)CC2CC(C)(CN2C(=O)C(=O)Nc2c(F)cccc2F)C1. The van der Waals surface area contributed by atoms with Gasteiger partial charge in [0.25, 0.3) is 0 Å². The number of carbonyl (C=O) groups is 2. The van der Waals surface area contributed by atoms with Crippen LogP contribution in [0.15, 0.2) is 18.2 Å². The minimum atomic E-state index is -0.993. The predicted molar refractivity (Wildman–Crippen MR) is 86.2 cm³/mol. The minimum Gasteiger partial charge on any atom is -0.331 e. The molecule has 3 rings (SSSR count). The van der Waals surface area contributed by atoms with Gasteiger partial charge in [-0.1, -0.05) is 26.8 Å². The highest BCUT2D eigenvalue weighted by molar-refractivity contribution is 6.39. The summed E-state index contributed by atoms with van der Waals surface area (Å²) >= 11 is 0. The summed E-state index contributed by atoms with van der Waals surface area (Å²) in [5, 5.41) is 2.09. The number of nitrogens with zero attached hydrogens (tertiary/aromatic N) is 1. The number of benzene rings is 1. The van der Waals surface area contributed by atoms with Gasteiger partial charge in [0.1, 0.15) is 17.3 Å². The van der Waals surface area contributed by atoms with Crippen LogP contribution < -0.4 is 5.32 Å². The molecule has 2 aliphatic rings. The molecular weight excluding hydrogens is 314 g/mol. The van der Waals surface area contributed by atoms with Crippen LogP contribution in [0, 0.1) is 22.5 Å². The molecule has 0 spiro atoms. The molecule has 2 atom stereocenters. The van der Waals surface area contributed by atoms with Gasteiger partial charge in [-0.15, -0.1) is 0 Å². The zero-order valence-electron chi connectivity index (χ0n) is 14.2. The van der Waals surface area contributed by atoms with Crippen LogP contribution in [0.3, 0.4) is 0 Å². The lowest BCUT2D eigenvalue weighted by atomic mass is 9.65. The van der Waals surface area contributed by atoms with E-state index in [1.807, 2.05) is 0 Å². The molecule has 2 bridgehead atoms. The molecule has 1 saturated heterocycles. The number of amides is 2. The van der Waals surface area contributed by atoms with E-state index in [0.29, 0.717) is 6.54 Å². The molecule has 24 heavy (non-hydrogen) atoms. The first-order valence-corrected chi connectivity index (χ1v) is 8.16. The van der Waals surface area contributed by atoms with E-state index in [9.17, 15) is 18.4 Å². The average molecular weight is 336 g/mol. The molecular formula is C18H22F2N2O2. The maximum Gasteiger partial charge on any atom is 0.314 e. The molecule has 2 fully saturated rings. The number of likely N-dealkylation sites (tertiary alicyclic amines) is 1. The Labute approximate surface area is 140 Å². The third-order valence-corrected chi connectivity index (χ3v) is 5.07. The molecule has 1 N–H and O–H groups in total. The van der Waals surface area contributed by atoms with E-state index < -0.39 is 29.1 Å². The lowest BCUT2D eigenvalue weighted by molar-refractivity contribution is -0.144. The van der Waals surface area contributed by atoms with Crippen molar-refractivity contribution in [3.05, 3.63) is 29.8 Å².